The van der Waals surface area contributed by atoms with Gasteiger partial charge < -0.3 is 4.74 Å². The average Bonchev–Trinajstić information content (AvgIpc) is 2.85. The predicted molar refractivity (Wildman–Crippen MR) is 73.8 cm³/mol. The number of hydrogen-bond donors (Lipinski definition) is 1. The molecule has 0 aliphatic carbocycles. The van der Waals surface area contributed by atoms with Gasteiger partial charge >= 0.3 is 0 Å². The van der Waals surface area contributed by atoms with Crippen molar-refractivity contribution >= 4 is 27.3 Å². The molecule has 3 rings (SSSR count). The van der Waals surface area contributed by atoms with Gasteiger partial charge in [-0.15, -0.1) is 0 Å². The maximum absolute atomic E-state index is 11.3. The van der Waals surface area contributed by atoms with Crippen LogP contribution < -0.4 is 0 Å². The highest BCUT2D eigenvalue weighted by Crippen LogP contribution is 2.29. The normalized spacial score (nSPS) is 19.8. The van der Waals surface area contributed by atoms with E-state index in [1.54, 1.807) is 0 Å². The zero-order chi connectivity index (χ0) is 15.0. The lowest BCUT2D eigenvalue weighted by Crippen LogP contribution is -2.19. The smallest absolute Gasteiger partial charge is 0.294 e. The van der Waals surface area contributed by atoms with Gasteiger partial charge in [0, 0.05) is 12.0 Å². The molecule has 1 atom stereocenters. The molecule has 0 bridgehead atoms. The number of aromatic nitrogens is 2. The van der Waals surface area contributed by atoms with Crippen LogP contribution in [0.3, 0.4) is 0 Å². The molecule has 1 aromatic carbocycles. The number of carbonyl (C=O) groups is 1. The first kappa shape index (κ1) is 14.2. The van der Waals surface area contributed by atoms with E-state index in [0.29, 0.717) is 23.8 Å². The van der Waals surface area contributed by atoms with E-state index >= 15 is 0 Å². The summed E-state index contributed by atoms with van der Waals surface area (Å²) in [5.74, 6) is 0. The molecule has 2 aromatic rings. The fraction of sp³-hybridized carbons (Fsp3) is 0.385. The van der Waals surface area contributed by atoms with E-state index in [2.05, 4.69) is 5.10 Å². The maximum atomic E-state index is 11.3. The fourth-order valence-electron chi connectivity index (χ4n) is 2.53. The van der Waals surface area contributed by atoms with E-state index < -0.39 is 10.1 Å². The number of rotatable bonds is 3. The minimum absolute atomic E-state index is 0.223. The summed E-state index contributed by atoms with van der Waals surface area (Å²) in [5.41, 5.74) is 0.681. The summed E-state index contributed by atoms with van der Waals surface area (Å²) in [7, 11) is -4.31. The van der Waals surface area contributed by atoms with Crippen LogP contribution in [0.15, 0.2) is 23.1 Å². The minimum atomic E-state index is -4.31. The Balaban J connectivity index is 2.20. The molecule has 7 nitrogen and oxygen atoms in total. The van der Waals surface area contributed by atoms with E-state index in [9.17, 15) is 13.2 Å². The zero-order valence-corrected chi connectivity index (χ0v) is 11.9. The van der Waals surface area contributed by atoms with Crippen molar-refractivity contribution < 1.29 is 22.5 Å². The summed E-state index contributed by atoms with van der Waals surface area (Å²) in [4.78, 5) is 10.9. The molecule has 2 heterocycles. The number of nitrogens with zero attached hydrogens (tertiary/aromatic N) is 2. The van der Waals surface area contributed by atoms with Crippen molar-refractivity contribution in [3.63, 3.8) is 0 Å². The molecule has 112 valence electrons. The van der Waals surface area contributed by atoms with Gasteiger partial charge in [0.1, 0.15) is 5.69 Å². The van der Waals surface area contributed by atoms with Crippen LogP contribution in [0.4, 0.5) is 0 Å². The molecule has 21 heavy (non-hydrogen) atoms. The number of fused-ring (bicyclic) bond motifs is 1. The van der Waals surface area contributed by atoms with Crippen LogP contribution in [-0.4, -0.2) is 35.6 Å². The van der Waals surface area contributed by atoms with Crippen LogP contribution in [0.25, 0.3) is 10.9 Å². The van der Waals surface area contributed by atoms with E-state index in [1.807, 2.05) is 0 Å². The lowest BCUT2D eigenvalue weighted by atomic mass is 10.2. The van der Waals surface area contributed by atoms with Crippen LogP contribution in [0, 0.1) is 0 Å². The van der Waals surface area contributed by atoms with Crippen molar-refractivity contribution in [1.82, 2.24) is 9.78 Å². The van der Waals surface area contributed by atoms with E-state index in [-0.39, 0.29) is 16.8 Å². The Kier molecular flexibility index (Phi) is 3.52. The Hall–Kier alpha value is -1.77. The highest BCUT2D eigenvalue weighted by atomic mass is 32.2. The van der Waals surface area contributed by atoms with Crippen LogP contribution in [0.1, 0.15) is 36.0 Å². The molecule has 1 aromatic heterocycles. The molecule has 0 radical (unpaired) electrons. The van der Waals surface area contributed by atoms with Gasteiger partial charge in [0.25, 0.3) is 10.1 Å². The number of aldehydes is 1. The molecule has 0 saturated carbocycles. The largest absolute Gasteiger partial charge is 0.356 e. The molecule has 1 saturated heterocycles. The second-order valence-electron chi connectivity index (χ2n) is 4.92. The Morgan fingerprint density at radius 3 is 2.81 bits per heavy atom. The summed E-state index contributed by atoms with van der Waals surface area (Å²) in [6, 6.07) is 4.02. The van der Waals surface area contributed by atoms with Crippen molar-refractivity contribution in [3.05, 3.63) is 23.9 Å². The number of hydrogen-bond acceptors (Lipinski definition) is 5. The van der Waals surface area contributed by atoms with E-state index in [4.69, 9.17) is 9.29 Å². The summed E-state index contributed by atoms with van der Waals surface area (Å²) >= 11 is 0. The minimum Gasteiger partial charge on any atom is -0.356 e. The van der Waals surface area contributed by atoms with Crippen LogP contribution in [0.5, 0.6) is 0 Å². The van der Waals surface area contributed by atoms with Crippen molar-refractivity contribution in [2.75, 3.05) is 6.61 Å². The van der Waals surface area contributed by atoms with Crippen LogP contribution in [-0.2, 0) is 14.9 Å². The van der Waals surface area contributed by atoms with Crippen LogP contribution >= 0.6 is 0 Å². The fourth-order valence-corrected chi connectivity index (χ4v) is 3.03. The third kappa shape index (κ3) is 2.57. The van der Waals surface area contributed by atoms with Gasteiger partial charge in [-0.3, -0.25) is 9.35 Å². The van der Waals surface area contributed by atoms with Crippen molar-refractivity contribution in [1.29, 1.82) is 0 Å². The highest BCUT2D eigenvalue weighted by molar-refractivity contribution is 7.85. The average molecular weight is 310 g/mol. The van der Waals surface area contributed by atoms with Crippen molar-refractivity contribution in [2.24, 2.45) is 0 Å². The SMILES string of the molecule is O=Cc1nn(C2CCCCO2)c2cc(S(=O)(=O)O)ccc12. The summed E-state index contributed by atoms with van der Waals surface area (Å²) < 4.78 is 38.8. The van der Waals surface area contributed by atoms with Crippen molar-refractivity contribution in [2.45, 2.75) is 30.4 Å². The van der Waals surface area contributed by atoms with Crippen LogP contribution in [0.2, 0.25) is 0 Å². The monoisotopic (exact) mass is 310 g/mol. The first-order chi connectivity index (χ1) is 10.0. The zero-order valence-electron chi connectivity index (χ0n) is 11.1. The van der Waals surface area contributed by atoms with Gasteiger partial charge in [-0.1, -0.05) is 0 Å². The second-order valence-corrected chi connectivity index (χ2v) is 6.34. The quantitative estimate of drug-likeness (QED) is 0.685. The molecule has 0 amide bonds. The molecule has 1 unspecified atom stereocenters. The molecule has 1 aliphatic heterocycles. The maximum Gasteiger partial charge on any atom is 0.294 e. The van der Waals surface area contributed by atoms with E-state index in [0.717, 1.165) is 19.3 Å². The summed E-state index contributed by atoms with van der Waals surface area (Å²) in [6.07, 6.45) is 2.97. The highest BCUT2D eigenvalue weighted by Gasteiger charge is 2.22. The van der Waals surface area contributed by atoms with Gasteiger partial charge in [-0.2, -0.15) is 13.5 Å². The van der Waals surface area contributed by atoms with E-state index in [1.165, 1.54) is 22.9 Å². The predicted octanol–water partition coefficient (Wildman–Crippen LogP) is 1.79. The first-order valence-corrected chi connectivity index (χ1v) is 8.01. The lowest BCUT2D eigenvalue weighted by Gasteiger charge is -2.23. The summed E-state index contributed by atoms with van der Waals surface area (Å²) in [5, 5.41) is 4.74. The van der Waals surface area contributed by atoms with Gasteiger partial charge in [0.15, 0.2) is 12.5 Å². The Morgan fingerprint density at radius 1 is 1.38 bits per heavy atom. The standard InChI is InChI=1S/C13H14N2O5S/c16-8-11-10-5-4-9(21(17,18)19)7-12(10)15(14-11)13-3-1-2-6-20-13/h4-5,7-8,13H,1-3,6H2,(H,17,18,19). The number of benzene rings is 1. The topological polar surface area (TPSA) is 98.5 Å². The third-order valence-corrected chi connectivity index (χ3v) is 4.40. The molecule has 1 aliphatic rings. The van der Waals surface area contributed by atoms with Gasteiger partial charge in [0.2, 0.25) is 0 Å². The Labute approximate surface area is 121 Å². The van der Waals surface area contributed by atoms with Gasteiger partial charge in [-0.25, -0.2) is 4.68 Å². The second kappa shape index (κ2) is 5.21. The molecule has 0 spiro atoms. The number of carbonyl (C=O) groups excluding carboxylic acids is 1. The molecule has 1 fully saturated rings. The van der Waals surface area contributed by atoms with Crippen molar-refractivity contribution in [3.8, 4) is 0 Å². The number of ether oxygens (including phenoxy) is 1. The molecule has 8 heteroatoms. The summed E-state index contributed by atoms with van der Waals surface area (Å²) in [6.45, 7) is 0.598. The third-order valence-electron chi connectivity index (χ3n) is 3.55. The Morgan fingerprint density at radius 2 is 2.19 bits per heavy atom. The molecule has 1 N–H and O–H groups in total. The molecular formula is C13H14N2O5S. The Bertz CT molecular complexity index is 790. The molecular weight excluding hydrogens is 296 g/mol. The van der Waals surface area contributed by atoms with Gasteiger partial charge in [0.05, 0.1) is 10.4 Å². The van der Waals surface area contributed by atoms with Gasteiger partial charge in [-0.05, 0) is 37.5 Å². The first-order valence-electron chi connectivity index (χ1n) is 6.57. The lowest BCUT2D eigenvalue weighted by molar-refractivity contribution is -0.0367.